The number of hydrogen-bond donors (Lipinski definition) is 1. The van der Waals surface area contributed by atoms with Gasteiger partial charge in [-0.25, -0.2) is 9.18 Å². The van der Waals surface area contributed by atoms with Crippen molar-refractivity contribution in [3.63, 3.8) is 0 Å². The van der Waals surface area contributed by atoms with Crippen LogP contribution in [0.2, 0.25) is 0 Å². The van der Waals surface area contributed by atoms with E-state index in [1.165, 1.54) is 29.2 Å². The number of carboxylic acids is 1. The molecule has 17 heavy (non-hydrogen) atoms. The molecule has 0 radical (unpaired) electrons. The molecule has 1 heterocycles. The maximum absolute atomic E-state index is 12.7. The summed E-state index contributed by atoms with van der Waals surface area (Å²) >= 11 is 0. The Morgan fingerprint density at radius 2 is 1.94 bits per heavy atom. The minimum absolute atomic E-state index is 0.319. The maximum atomic E-state index is 12.7. The zero-order valence-corrected chi connectivity index (χ0v) is 9.10. The smallest absolute Gasteiger partial charge is 0.326 e. The van der Waals surface area contributed by atoms with Crippen molar-refractivity contribution in [1.82, 2.24) is 4.90 Å². The first-order valence-electron chi connectivity index (χ1n) is 5.39. The Bertz CT molecular complexity index is 444. The van der Waals surface area contributed by atoms with Gasteiger partial charge < -0.3 is 10.0 Å². The van der Waals surface area contributed by atoms with E-state index < -0.39 is 17.8 Å². The highest BCUT2D eigenvalue weighted by molar-refractivity contribution is 5.96. The van der Waals surface area contributed by atoms with E-state index in [1.54, 1.807) is 0 Å². The summed E-state index contributed by atoms with van der Waals surface area (Å²) in [5.41, 5.74) is 0.319. The fourth-order valence-corrected chi connectivity index (χ4v) is 2.02. The largest absolute Gasteiger partial charge is 0.480 e. The second-order valence-electron chi connectivity index (χ2n) is 4.00. The van der Waals surface area contributed by atoms with Gasteiger partial charge in [0.05, 0.1) is 0 Å². The molecule has 0 spiro atoms. The first kappa shape index (κ1) is 11.6. The van der Waals surface area contributed by atoms with Crippen LogP contribution < -0.4 is 0 Å². The van der Waals surface area contributed by atoms with Crippen molar-refractivity contribution < 1.29 is 19.1 Å². The number of benzene rings is 1. The summed E-state index contributed by atoms with van der Waals surface area (Å²) in [5, 5.41) is 8.97. The van der Waals surface area contributed by atoms with E-state index >= 15 is 0 Å². The summed E-state index contributed by atoms with van der Waals surface area (Å²) in [6, 6.07) is 4.37. The molecule has 0 saturated carbocycles. The van der Waals surface area contributed by atoms with Crippen LogP contribution in [0.1, 0.15) is 23.2 Å². The van der Waals surface area contributed by atoms with E-state index in [9.17, 15) is 14.0 Å². The Labute approximate surface area is 97.7 Å². The topological polar surface area (TPSA) is 57.6 Å². The highest BCUT2D eigenvalue weighted by atomic mass is 19.1. The molecule has 0 aromatic heterocycles. The molecule has 1 aliphatic heterocycles. The average molecular weight is 237 g/mol. The van der Waals surface area contributed by atoms with Crippen molar-refractivity contribution in [2.75, 3.05) is 6.54 Å². The molecular formula is C12H12FNO3. The third-order valence-electron chi connectivity index (χ3n) is 2.89. The lowest BCUT2D eigenvalue weighted by atomic mass is 10.1. The molecule has 5 heteroatoms. The Kier molecular flexibility index (Phi) is 3.08. The maximum Gasteiger partial charge on any atom is 0.326 e. The molecule has 2 rings (SSSR count). The molecule has 1 fully saturated rings. The lowest BCUT2D eigenvalue weighted by Gasteiger charge is -2.21. The third kappa shape index (κ3) is 2.27. The average Bonchev–Trinajstić information content (AvgIpc) is 2.78. The van der Waals surface area contributed by atoms with Crippen LogP contribution in [0.3, 0.4) is 0 Å². The Morgan fingerprint density at radius 3 is 2.53 bits per heavy atom. The van der Waals surface area contributed by atoms with Crippen LogP contribution in [0.5, 0.6) is 0 Å². The summed E-state index contributed by atoms with van der Waals surface area (Å²) in [7, 11) is 0. The number of hydrogen-bond acceptors (Lipinski definition) is 2. The van der Waals surface area contributed by atoms with E-state index in [1.807, 2.05) is 0 Å². The van der Waals surface area contributed by atoms with Gasteiger partial charge in [-0.2, -0.15) is 0 Å². The SMILES string of the molecule is O=C(O)C1CCCN1C(=O)c1ccc(F)cc1. The van der Waals surface area contributed by atoms with Crippen molar-refractivity contribution in [2.24, 2.45) is 0 Å². The standard InChI is InChI=1S/C12H12FNO3/c13-9-5-3-8(4-6-9)11(15)14-7-1-2-10(14)12(16)17/h3-6,10H,1-2,7H2,(H,16,17). The molecule has 1 amide bonds. The molecule has 4 nitrogen and oxygen atoms in total. The van der Waals surface area contributed by atoms with E-state index in [2.05, 4.69) is 0 Å². The number of aliphatic carboxylic acids is 1. The van der Waals surface area contributed by atoms with Crippen LogP contribution in [-0.2, 0) is 4.79 Å². The number of carbonyl (C=O) groups excluding carboxylic acids is 1. The van der Waals surface area contributed by atoms with Gasteiger partial charge in [-0.05, 0) is 37.1 Å². The minimum Gasteiger partial charge on any atom is -0.480 e. The molecule has 1 aliphatic rings. The Balaban J connectivity index is 2.19. The Hall–Kier alpha value is -1.91. The van der Waals surface area contributed by atoms with Gasteiger partial charge in [-0.3, -0.25) is 4.79 Å². The number of nitrogens with zero attached hydrogens (tertiary/aromatic N) is 1. The van der Waals surface area contributed by atoms with Crippen LogP contribution >= 0.6 is 0 Å². The molecular weight excluding hydrogens is 225 g/mol. The van der Waals surface area contributed by atoms with Crippen LogP contribution in [0.25, 0.3) is 0 Å². The van der Waals surface area contributed by atoms with Gasteiger partial charge in [0.15, 0.2) is 0 Å². The van der Waals surface area contributed by atoms with E-state index in [0.717, 1.165) is 0 Å². The number of likely N-dealkylation sites (tertiary alicyclic amines) is 1. The third-order valence-corrected chi connectivity index (χ3v) is 2.89. The molecule has 1 aromatic rings. The molecule has 1 atom stereocenters. The first-order valence-corrected chi connectivity index (χ1v) is 5.39. The Morgan fingerprint density at radius 1 is 1.29 bits per heavy atom. The fourth-order valence-electron chi connectivity index (χ4n) is 2.02. The predicted octanol–water partition coefficient (Wildman–Crippen LogP) is 1.51. The summed E-state index contributed by atoms with van der Waals surface area (Å²) in [6.45, 7) is 0.438. The van der Waals surface area contributed by atoms with Gasteiger partial charge in [0.1, 0.15) is 11.9 Å². The van der Waals surface area contributed by atoms with Gasteiger partial charge in [-0.15, -0.1) is 0 Å². The quantitative estimate of drug-likeness (QED) is 0.848. The van der Waals surface area contributed by atoms with Gasteiger partial charge in [0.2, 0.25) is 0 Å². The number of amides is 1. The molecule has 1 aromatic carbocycles. The van der Waals surface area contributed by atoms with Gasteiger partial charge in [0.25, 0.3) is 5.91 Å². The molecule has 0 aliphatic carbocycles. The lowest BCUT2D eigenvalue weighted by molar-refractivity contribution is -0.141. The summed E-state index contributed by atoms with van der Waals surface area (Å²) < 4.78 is 12.7. The lowest BCUT2D eigenvalue weighted by Crippen LogP contribution is -2.40. The monoisotopic (exact) mass is 237 g/mol. The highest BCUT2D eigenvalue weighted by Crippen LogP contribution is 2.20. The zero-order chi connectivity index (χ0) is 12.4. The van der Waals surface area contributed by atoms with Crippen molar-refractivity contribution in [3.05, 3.63) is 35.6 Å². The van der Waals surface area contributed by atoms with Crippen LogP contribution in [0.4, 0.5) is 4.39 Å². The molecule has 1 unspecified atom stereocenters. The molecule has 1 saturated heterocycles. The highest BCUT2D eigenvalue weighted by Gasteiger charge is 2.34. The molecule has 0 bridgehead atoms. The van der Waals surface area contributed by atoms with Crippen LogP contribution in [0.15, 0.2) is 24.3 Å². The van der Waals surface area contributed by atoms with Crippen molar-refractivity contribution in [1.29, 1.82) is 0 Å². The van der Waals surface area contributed by atoms with Crippen molar-refractivity contribution >= 4 is 11.9 Å². The number of carboxylic acid groups (broad SMARTS) is 1. The van der Waals surface area contributed by atoms with E-state index in [-0.39, 0.29) is 5.91 Å². The van der Waals surface area contributed by atoms with Gasteiger partial charge in [-0.1, -0.05) is 0 Å². The summed E-state index contributed by atoms with van der Waals surface area (Å²) in [6.07, 6.45) is 1.16. The molecule has 90 valence electrons. The zero-order valence-electron chi connectivity index (χ0n) is 9.10. The van der Waals surface area contributed by atoms with Crippen molar-refractivity contribution in [2.45, 2.75) is 18.9 Å². The minimum atomic E-state index is -0.988. The fraction of sp³-hybridized carbons (Fsp3) is 0.333. The van der Waals surface area contributed by atoms with Gasteiger partial charge in [0, 0.05) is 12.1 Å². The van der Waals surface area contributed by atoms with Crippen molar-refractivity contribution in [3.8, 4) is 0 Å². The first-order chi connectivity index (χ1) is 8.09. The van der Waals surface area contributed by atoms with Crippen LogP contribution in [-0.4, -0.2) is 34.5 Å². The molecule has 1 N–H and O–H groups in total. The van der Waals surface area contributed by atoms with Gasteiger partial charge >= 0.3 is 5.97 Å². The second kappa shape index (κ2) is 4.53. The van der Waals surface area contributed by atoms with E-state index in [0.29, 0.717) is 24.9 Å². The van der Waals surface area contributed by atoms with E-state index in [4.69, 9.17) is 5.11 Å². The number of carbonyl (C=O) groups is 2. The normalized spacial score (nSPS) is 19.4. The number of halogens is 1. The second-order valence-corrected chi connectivity index (χ2v) is 4.00. The summed E-state index contributed by atoms with van der Waals surface area (Å²) in [5.74, 6) is -1.76. The van der Waals surface area contributed by atoms with Crippen LogP contribution in [0, 0.1) is 5.82 Å². The summed E-state index contributed by atoms with van der Waals surface area (Å²) in [4.78, 5) is 24.3. The predicted molar refractivity (Wildman–Crippen MR) is 58.1 cm³/mol. The number of rotatable bonds is 2.